The monoisotopic (exact) mass is 278 g/mol. The van der Waals surface area contributed by atoms with E-state index in [4.69, 9.17) is 4.74 Å². The molecule has 0 aliphatic heterocycles. The van der Waals surface area contributed by atoms with Gasteiger partial charge in [0.05, 0.1) is 6.61 Å². The third-order valence-electron chi connectivity index (χ3n) is 2.65. The van der Waals surface area contributed by atoms with E-state index in [1.54, 1.807) is 31.2 Å². The molecule has 0 aromatic heterocycles. The van der Waals surface area contributed by atoms with Crippen molar-refractivity contribution in [3.63, 3.8) is 0 Å². The summed E-state index contributed by atoms with van der Waals surface area (Å²) in [7, 11) is 0. The molecular weight excluding hydrogens is 256 g/mol. The fourth-order valence-electron chi connectivity index (χ4n) is 1.60. The number of carbonyl (C=O) groups is 2. The Balaban J connectivity index is 2.58. The van der Waals surface area contributed by atoms with Crippen molar-refractivity contribution in [1.29, 1.82) is 0 Å². The Hall–Kier alpha value is -2.04. The second-order valence-electron chi connectivity index (χ2n) is 4.86. The largest absolute Gasteiger partial charge is 0.450 e. The predicted octanol–water partition coefficient (Wildman–Crippen LogP) is 3.03. The average molecular weight is 278 g/mol. The molecule has 2 amide bonds. The molecule has 5 nitrogen and oxygen atoms in total. The lowest BCUT2D eigenvalue weighted by Crippen LogP contribution is -2.25. The van der Waals surface area contributed by atoms with Crippen molar-refractivity contribution in [3.05, 3.63) is 29.8 Å². The van der Waals surface area contributed by atoms with Gasteiger partial charge >= 0.3 is 6.09 Å². The van der Waals surface area contributed by atoms with Crippen LogP contribution in [0.15, 0.2) is 24.3 Å². The molecule has 1 aromatic rings. The quantitative estimate of drug-likeness (QED) is 0.840. The Morgan fingerprint density at radius 1 is 1.30 bits per heavy atom. The molecule has 1 aromatic carbocycles. The van der Waals surface area contributed by atoms with Crippen LogP contribution < -0.4 is 10.6 Å². The molecule has 0 unspecified atom stereocenters. The number of anilines is 1. The standard InChI is InChI=1S/C15H22N2O3/c1-4-20-15(19)17-13-7-5-6-12(10-13)14(18)16-9-8-11(2)3/h5-7,10-11H,4,8-9H2,1-3H3,(H,16,18)(H,17,19). The van der Waals surface area contributed by atoms with E-state index in [0.29, 0.717) is 30.3 Å². The molecule has 2 N–H and O–H groups in total. The summed E-state index contributed by atoms with van der Waals surface area (Å²) in [6, 6.07) is 6.77. The average Bonchev–Trinajstić information content (AvgIpc) is 2.38. The van der Waals surface area contributed by atoms with Crippen molar-refractivity contribution in [1.82, 2.24) is 5.32 Å². The molecule has 0 fully saturated rings. The first-order chi connectivity index (χ1) is 9.52. The molecule has 0 saturated heterocycles. The molecule has 110 valence electrons. The van der Waals surface area contributed by atoms with Gasteiger partial charge in [-0.3, -0.25) is 10.1 Å². The van der Waals surface area contributed by atoms with Gasteiger partial charge in [-0.2, -0.15) is 0 Å². The summed E-state index contributed by atoms with van der Waals surface area (Å²) >= 11 is 0. The number of hydrogen-bond donors (Lipinski definition) is 2. The van der Waals surface area contributed by atoms with E-state index in [1.165, 1.54) is 0 Å². The van der Waals surface area contributed by atoms with Crippen LogP contribution in [0.4, 0.5) is 10.5 Å². The summed E-state index contributed by atoms with van der Waals surface area (Å²) in [6.07, 6.45) is 0.414. The lowest BCUT2D eigenvalue weighted by Gasteiger charge is -2.09. The molecule has 0 radical (unpaired) electrons. The van der Waals surface area contributed by atoms with Crippen LogP contribution in [0, 0.1) is 5.92 Å². The van der Waals surface area contributed by atoms with E-state index >= 15 is 0 Å². The smallest absolute Gasteiger partial charge is 0.411 e. The Bertz CT molecular complexity index is 458. The van der Waals surface area contributed by atoms with Crippen molar-refractivity contribution in [2.24, 2.45) is 5.92 Å². The summed E-state index contributed by atoms with van der Waals surface area (Å²) in [5.74, 6) is 0.408. The van der Waals surface area contributed by atoms with Crippen molar-refractivity contribution in [2.75, 3.05) is 18.5 Å². The number of rotatable bonds is 6. The number of nitrogens with one attached hydrogen (secondary N) is 2. The van der Waals surface area contributed by atoms with Crippen molar-refractivity contribution in [2.45, 2.75) is 27.2 Å². The van der Waals surface area contributed by atoms with Crippen LogP contribution in [-0.4, -0.2) is 25.2 Å². The van der Waals surface area contributed by atoms with Crippen LogP contribution in [0.2, 0.25) is 0 Å². The zero-order chi connectivity index (χ0) is 15.0. The van der Waals surface area contributed by atoms with Gasteiger partial charge in [0, 0.05) is 17.8 Å². The summed E-state index contributed by atoms with van der Waals surface area (Å²) in [6.45, 7) is 6.90. The van der Waals surface area contributed by atoms with Gasteiger partial charge in [0.25, 0.3) is 5.91 Å². The van der Waals surface area contributed by atoms with Crippen molar-refractivity contribution >= 4 is 17.7 Å². The Labute approximate surface area is 119 Å². The molecule has 0 spiro atoms. The number of amides is 2. The normalized spacial score (nSPS) is 10.2. The Kier molecular flexibility index (Phi) is 6.56. The third-order valence-corrected chi connectivity index (χ3v) is 2.65. The lowest BCUT2D eigenvalue weighted by atomic mass is 10.1. The predicted molar refractivity (Wildman–Crippen MR) is 78.9 cm³/mol. The maximum absolute atomic E-state index is 11.9. The van der Waals surface area contributed by atoms with Gasteiger partial charge in [0.15, 0.2) is 0 Å². The van der Waals surface area contributed by atoms with Gasteiger partial charge in [-0.05, 0) is 37.5 Å². The summed E-state index contributed by atoms with van der Waals surface area (Å²) in [4.78, 5) is 23.2. The molecule has 0 heterocycles. The molecule has 0 aliphatic rings. The highest BCUT2D eigenvalue weighted by atomic mass is 16.5. The number of carbonyl (C=O) groups excluding carboxylic acids is 2. The van der Waals surface area contributed by atoms with Crippen molar-refractivity contribution in [3.8, 4) is 0 Å². The number of ether oxygens (including phenoxy) is 1. The van der Waals surface area contributed by atoms with Gasteiger partial charge in [-0.15, -0.1) is 0 Å². The first kappa shape index (κ1) is 16.0. The van der Waals surface area contributed by atoms with Crippen molar-refractivity contribution < 1.29 is 14.3 Å². The lowest BCUT2D eigenvalue weighted by molar-refractivity contribution is 0.0952. The minimum atomic E-state index is -0.523. The molecular formula is C15H22N2O3. The molecule has 1 rings (SSSR count). The van der Waals surface area contributed by atoms with E-state index in [2.05, 4.69) is 24.5 Å². The highest BCUT2D eigenvalue weighted by Crippen LogP contribution is 2.11. The van der Waals surface area contributed by atoms with Gasteiger partial charge < -0.3 is 10.1 Å². The van der Waals surface area contributed by atoms with Gasteiger partial charge in [-0.25, -0.2) is 4.79 Å². The van der Waals surface area contributed by atoms with E-state index in [-0.39, 0.29) is 5.91 Å². The number of hydrogen-bond acceptors (Lipinski definition) is 3. The Morgan fingerprint density at radius 3 is 2.70 bits per heavy atom. The zero-order valence-electron chi connectivity index (χ0n) is 12.2. The summed E-state index contributed by atoms with van der Waals surface area (Å²) in [5.41, 5.74) is 1.06. The number of benzene rings is 1. The SMILES string of the molecule is CCOC(=O)Nc1cccc(C(=O)NCCC(C)C)c1. The highest BCUT2D eigenvalue weighted by molar-refractivity contribution is 5.96. The molecule has 0 aliphatic carbocycles. The third kappa shape index (κ3) is 5.73. The summed E-state index contributed by atoms with van der Waals surface area (Å²) < 4.78 is 4.79. The molecule has 0 saturated carbocycles. The van der Waals surface area contributed by atoms with Crippen LogP contribution in [0.3, 0.4) is 0 Å². The Morgan fingerprint density at radius 2 is 2.05 bits per heavy atom. The second-order valence-corrected chi connectivity index (χ2v) is 4.86. The fraction of sp³-hybridized carbons (Fsp3) is 0.467. The molecule has 0 bridgehead atoms. The molecule has 20 heavy (non-hydrogen) atoms. The maximum Gasteiger partial charge on any atom is 0.411 e. The van der Waals surface area contributed by atoms with Gasteiger partial charge in [-0.1, -0.05) is 19.9 Å². The first-order valence-electron chi connectivity index (χ1n) is 6.85. The van der Waals surface area contributed by atoms with Gasteiger partial charge in [0.2, 0.25) is 0 Å². The molecule has 5 heteroatoms. The maximum atomic E-state index is 11.9. The topological polar surface area (TPSA) is 67.4 Å². The van der Waals surface area contributed by atoms with Gasteiger partial charge in [0.1, 0.15) is 0 Å². The van der Waals surface area contributed by atoms with Crippen LogP contribution >= 0.6 is 0 Å². The van der Waals surface area contributed by atoms with Crippen LogP contribution in [0.1, 0.15) is 37.6 Å². The van der Waals surface area contributed by atoms with Crippen LogP contribution in [-0.2, 0) is 4.74 Å². The van der Waals surface area contributed by atoms with E-state index < -0.39 is 6.09 Å². The van der Waals surface area contributed by atoms with E-state index in [9.17, 15) is 9.59 Å². The van der Waals surface area contributed by atoms with E-state index in [1.807, 2.05) is 0 Å². The second kappa shape index (κ2) is 8.19. The van der Waals surface area contributed by atoms with Crippen LogP contribution in [0.25, 0.3) is 0 Å². The first-order valence-corrected chi connectivity index (χ1v) is 6.85. The molecule has 0 atom stereocenters. The van der Waals surface area contributed by atoms with Crippen LogP contribution in [0.5, 0.6) is 0 Å². The summed E-state index contributed by atoms with van der Waals surface area (Å²) in [5, 5.41) is 5.42. The fourth-order valence-corrected chi connectivity index (χ4v) is 1.60. The van der Waals surface area contributed by atoms with E-state index in [0.717, 1.165) is 6.42 Å². The zero-order valence-corrected chi connectivity index (χ0v) is 12.2. The minimum absolute atomic E-state index is 0.141. The highest BCUT2D eigenvalue weighted by Gasteiger charge is 2.08. The minimum Gasteiger partial charge on any atom is -0.450 e.